The van der Waals surface area contributed by atoms with E-state index in [1.165, 1.54) is 16.4 Å². The van der Waals surface area contributed by atoms with Gasteiger partial charge in [0.25, 0.3) is 0 Å². The second-order valence-electron chi connectivity index (χ2n) is 4.56. The van der Waals surface area contributed by atoms with E-state index in [0.717, 1.165) is 32.1 Å². The second kappa shape index (κ2) is 5.92. The molecule has 0 aliphatic heterocycles. The molecule has 3 heterocycles. The Morgan fingerprint density at radius 3 is 2.81 bits per heavy atom. The topological polar surface area (TPSA) is 55.0 Å². The SMILES string of the molecule is Cc1nc(-c2c(N)nsc2N(C)Cc2ccc(Cl)s2)cs1. The third kappa shape index (κ3) is 3.06. The molecule has 0 bridgehead atoms. The highest BCUT2D eigenvalue weighted by Crippen LogP contribution is 2.39. The van der Waals surface area contributed by atoms with Crippen molar-refractivity contribution in [2.24, 2.45) is 0 Å². The lowest BCUT2D eigenvalue weighted by molar-refractivity contribution is 0.954. The van der Waals surface area contributed by atoms with E-state index >= 15 is 0 Å². The van der Waals surface area contributed by atoms with Crippen LogP contribution in [0.2, 0.25) is 4.34 Å². The minimum Gasteiger partial charge on any atom is -0.382 e. The number of thiazole rings is 1. The first-order valence-corrected chi connectivity index (χ1v) is 9.02. The maximum atomic E-state index is 6.04. The van der Waals surface area contributed by atoms with Crippen LogP contribution in [0.5, 0.6) is 0 Å². The van der Waals surface area contributed by atoms with Crippen molar-refractivity contribution in [2.75, 3.05) is 17.7 Å². The fourth-order valence-corrected chi connectivity index (χ4v) is 4.54. The standard InChI is InChI=1S/C13H13ClN4S3/c1-7-16-9(6-19-7)11-12(15)17-21-13(11)18(2)5-8-3-4-10(14)20-8/h3-4,6H,5H2,1-2H3,(H2,15,17). The molecular formula is C13H13ClN4S3. The van der Waals surface area contributed by atoms with E-state index in [1.807, 2.05) is 31.5 Å². The molecule has 3 aromatic heterocycles. The fraction of sp³-hybridized carbons (Fsp3) is 0.231. The fourth-order valence-electron chi connectivity index (χ4n) is 2.02. The van der Waals surface area contributed by atoms with E-state index in [0.29, 0.717) is 5.82 Å². The third-order valence-electron chi connectivity index (χ3n) is 2.94. The molecule has 0 saturated heterocycles. The van der Waals surface area contributed by atoms with Crippen LogP contribution in [0.3, 0.4) is 0 Å². The van der Waals surface area contributed by atoms with Gasteiger partial charge in [-0.15, -0.1) is 22.7 Å². The van der Waals surface area contributed by atoms with E-state index in [-0.39, 0.29) is 0 Å². The number of nitrogen functional groups attached to an aromatic ring is 1. The van der Waals surface area contributed by atoms with Gasteiger partial charge in [-0.1, -0.05) is 11.6 Å². The van der Waals surface area contributed by atoms with E-state index in [1.54, 1.807) is 22.7 Å². The summed E-state index contributed by atoms with van der Waals surface area (Å²) in [5.74, 6) is 0.538. The van der Waals surface area contributed by atoms with Gasteiger partial charge in [-0.25, -0.2) is 4.98 Å². The quantitative estimate of drug-likeness (QED) is 0.747. The Bertz CT molecular complexity index is 761. The van der Waals surface area contributed by atoms with Crippen LogP contribution < -0.4 is 10.6 Å². The minimum atomic E-state index is 0.538. The molecular weight excluding hydrogens is 344 g/mol. The van der Waals surface area contributed by atoms with E-state index < -0.39 is 0 Å². The number of hydrogen-bond donors (Lipinski definition) is 1. The number of hydrogen-bond acceptors (Lipinski definition) is 7. The van der Waals surface area contributed by atoms with Crippen LogP contribution in [-0.4, -0.2) is 16.4 Å². The predicted molar refractivity (Wildman–Crippen MR) is 93.8 cm³/mol. The summed E-state index contributed by atoms with van der Waals surface area (Å²) >= 11 is 10.6. The number of thiophene rings is 1. The van der Waals surface area contributed by atoms with E-state index in [4.69, 9.17) is 17.3 Å². The summed E-state index contributed by atoms with van der Waals surface area (Å²) in [4.78, 5) is 7.87. The summed E-state index contributed by atoms with van der Waals surface area (Å²) in [6, 6.07) is 3.96. The number of halogens is 1. The molecule has 0 unspecified atom stereocenters. The molecule has 3 aromatic rings. The second-order valence-corrected chi connectivity index (χ2v) is 8.18. The summed E-state index contributed by atoms with van der Waals surface area (Å²) in [6.45, 7) is 2.76. The number of nitrogens with two attached hydrogens (primary N) is 1. The first-order valence-electron chi connectivity index (χ1n) is 6.17. The van der Waals surface area contributed by atoms with Crippen molar-refractivity contribution in [1.29, 1.82) is 0 Å². The zero-order chi connectivity index (χ0) is 15.0. The summed E-state index contributed by atoms with van der Waals surface area (Å²) in [5, 5.41) is 4.07. The molecule has 0 fully saturated rings. The van der Waals surface area contributed by atoms with Crippen LogP contribution in [0.4, 0.5) is 10.8 Å². The highest BCUT2D eigenvalue weighted by molar-refractivity contribution is 7.16. The van der Waals surface area contributed by atoms with Crippen molar-refractivity contribution in [3.8, 4) is 11.3 Å². The Balaban J connectivity index is 1.92. The first kappa shape index (κ1) is 14.8. The van der Waals surface area contributed by atoms with Crippen LogP contribution in [0.15, 0.2) is 17.5 Å². The molecule has 0 amide bonds. The highest BCUT2D eigenvalue weighted by Gasteiger charge is 2.19. The van der Waals surface area contributed by atoms with Crippen LogP contribution in [-0.2, 0) is 6.54 Å². The molecule has 0 atom stereocenters. The zero-order valence-electron chi connectivity index (χ0n) is 11.5. The number of anilines is 2. The molecule has 4 nitrogen and oxygen atoms in total. The van der Waals surface area contributed by atoms with Gasteiger partial charge in [0.05, 0.1) is 27.1 Å². The van der Waals surface area contributed by atoms with Gasteiger partial charge in [0.1, 0.15) is 10.8 Å². The zero-order valence-corrected chi connectivity index (χ0v) is 14.7. The maximum absolute atomic E-state index is 6.04. The molecule has 0 aliphatic rings. The molecule has 0 aromatic carbocycles. The number of rotatable bonds is 4. The Morgan fingerprint density at radius 1 is 1.38 bits per heavy atom. The van der Waals surface area contributed by atoms with Gasteiger partial charge < -0.3 is 10.6 Å². The average Bonchev–Trinajstić information content (AvgIpc) is 3.11. The van der Waals surface area contributed by atoms with Gasteiger partial charge in [-0.05, 0) is 30.6 Å². The van der Waals surface area contributed by atoms with Gasteiger partial charge in [0.2, 0.25) is 0 Å². The summed E-state index contributed by atoms with van der Waals surface area (Å²) in [7, 11) is 2.03. The molecule has 0 saturated carbocycles. The average molecular weight is 357 g/mol. The van der Waals surface area contributed by atoms with Crippen molar-refractivity contribution in [1.82, 2.24) is 9.36 Å². The largest absolute Gasteiger partial charge is 0.382 e. The van der Waals surface area contributed by atoms with Gasteiger partial charge in [-0.3, -0.25) is 0 Å². The monoisotopic (exact) mass is 356 g/mol. The number of aromatic nitrogens is 2. The first-order chi connectivity index (χ1) is 10.0. The number of aryl methyl sites for hydroxylation is 1. The Hall–Kier alpha value is -1.15. The lowest BCUT2D eigenvalue weighted by Crippen LogP contribution is -2.15. The van der Waals surface area contributed by atoms with Crippen molar-refractivity contribution in [2.45, 2.75) is 13.5 Å². The normalized spacial score (nSPS) is 11.0. The summed E-state index contributed by atoms with van der Waals surface area (Å²) in [5.41, 5.74) is 7.86. The van der Waals surface area contributed by atoms with Gasteiger partial charge in [-0.2, -0.15) is 4.37 Å². The predicted octanol–water partition coefficient (Wildman–Crippen LogP) is 4.51. The van der Waals surface area contributed by atoms with Crippen molar-refractivity contribution in [3.63, 3.8) is 0 Å². The Kier molecular flexibility index (Phi) is 4.17. The van der Waals surface area contributed by atoms with Crippen LogP contribution in [0.1, 0.15) is 9.88 Å². The van der Waals surface area contributed by atoms with Crippen LogP contribution in [0, 0.1) is 6.92 Å². The van der Waals surface area contributed by atoms with Crippen molar-refractivity contribution < 1.29 is 0 Å². The highest BCUT2D eigenvalue weighted by atomic mass is 35.5. The summed E-state index contributed by atoms with van der Waals surface area (Å²) in [6.07, 6.45) is 0. The minimum absolute atomic E-state index is 0.538. The van der Waals surface area contributed by atoms with Crippen LogP contribution in [0.25, 0.3) is 11.3 Å². The molecule has 21 heavy (non-hydrogen) atoms. The molecule has 8 heteroatoms. The molecule has 0 spiro atoms. The number of nitrogens with zero attached hydrogens (tertiary/aromatic N) is 3. The van der Waals surface area contributed by atoms with Crippen molar-refractivity contribution >= 4 is 56.6 Å². The van der Waals surface area contributed by atoms with E-state index in [2.05, 4.69) is 14.3 Å². The molecule has 2 N–H and O–H groups in total. The molecule has 3 rings (SSSR count). The summed E-state index contributed by atoms with van der Waals surface area (Å²) < 4.78 is 5.09. The van der Waals surface area contributed by atoms with Crippen LogP contribution >= 0.6 is 45.8 Å². The third-order valence-corrected chi connectivity index (χ3v) is 5.91. The van der Waals surface area contributed by atoms with Gasteiger partial charge >= 0.3 is 0 Å². The smallest absolute Gasteiger partial charge is 0.148 e. The Labute approximate surface area is 140 Å². The molecule has 0 radical (unpaired) electrons. The Morgan fingerprint density at radius 2 is 2.19 bits per heavy atom. The molecule has 110 valence electrons. The lowest BCUT2D eigenvalue weighted by Gasteiger charge is -2.17. The van der Waals surface area contributed by atoms with E-state index in [9.17, 15) is 0 Å². The lowest BCUT2D eigenvalue weighted by atomic mass is 10.2. The molecule has 0 aliphatic carbocycles. The maximum Gasteiger partial charge on any atom is 0.148 e. The van der Waals surface area contributed by atoms with Crippen molar-refractivity contribution in [3.05, 3.63) is 31.7 Å². The van der Waals surface area contributed by atoms with Gasteiger partial charge in [0, 0.05) is 17.3 Å². The van der Waals surface area contributed by atoms with Gasteiger partial charge in [0.15, 0.2) is 0 Å².